The zero-order chi connectivity index (χ0) is 16.6. The summed E-state index contributed by atoms with van der Waals surface area (Å²) in [5.74, 6) is -5.08. The molecule has 0 saturated heterocycles. The highest BCUT2D eigenvalue weighted by Crippen LogP contribution is 2.00. The van der Waals surface area contributed by atoms with E-state index in [1.807, 2.05) is 0 Å². The Morgan fingerprint density at radius 2 is 1.62 bits per heavy atom. The summed E-state index contributed by atoms with van der Waals surface area (Å²) in [6.07, 6.45) is -1.20. The van der Waals surface area contributed by atoms with Gasteiger partial charge in [-0.3, -0.25) is 19.2 Å². The molecule has 21 heavy (non-hydrogen) atoms. The Labute approximate surface area is 119 Å². The third kappa shape index (κ3) is 8.18. The van der Waals surface area contributed by atoms with Gasteiger partial charge in [-0.1, -0.05) is 0 Å². The van der Waals surface area contributed by atoms with Gasteiger partial charge >= 0.3 is 11.9 Å². The average molecular weight is 303 g/mol. The molecule has 10 heteroatoms. The number of rotatable bonds is 9. The van der Waals surface area contributed by atoms with Crippen molar-refractivity contribution in [1.29, 1.82) is 0 Å². The van der Waals surface area contributed by atoms with Crippen LogP contribution in [0.2, 0.25) is 0 Å². The Morgan fingerprint density at radius 1 is 1.05 bits per heavy atom. The molecule has 118 valence electrons. The van der Waals surface area contributed by atoms with Gasteiger partial charge < -0.3 is 26.6 Å². The molecule has 0 aromatic rings. The SMILES string of the molecule is CC(=O)NC(CC(=O)O)C(=O)NC(CCC(N)=O)C(=O)O. The zero-order valence-corrected chi connectivity index (χ0v) is 11.3. The Morgan fingerprint density at radius 3 is 2.00 bits per heavy atom. The van der Waals surface area contributed by atoms with Crippen molar-refractivity contribution in [3.63, 3.8) is 0 Å². The fourth-order valence-electron chi connectivity index (χ4n) is 1.45. The summed E-state index contributed by atoms with van der Waals surface area (Å²) >= 11 is 0. The van der Waals surface area contributed by atoms with Gasteiger partial charge in [0, 0.05) is 13.3 Å². The number of carboxylic acid groups (broad SMARTS) is 2. The summed E-state index contributed by atoms with van der Waals surface area (Å²) in [5.41, 5.74) is 4.88. The van der Waals surface area contributed by atoms with Gasteiger partial charge in [-0.25, -0.2) is 4.79 Å². The van der Waals surface area contributed by atoms with Gasteiger partial charge in [-0.2, -0.15) is 0 Å². The van der Waals surface area contributed by atoms with Gasteiger partial charge in [0.2, 0.25) is 17.7 Å². The molecule has 0 aliphatic heterocycles. The predicted octanol–water partition coefficient (Wildman–Crippen LogP) is -2.20. The molecule has 0 spiro atoms. The monoisotopic (exact) mass is 303 g/mol. The van der Waals surface area contributed by atoms with Gasteiger partial charge in [-0.15, -0.1) is 0 Å². The minimum Gasteiger partial charge on any atom is -0.481 e. The van der Waals surface area contributed by atoms with E-state index in [1.165, 1.54) is 0 Å². The topological polar surface area (TPSA) is 176 Å². The van der Waals surface area contributed by atoms with Gasteiger partial charge in [0.1, 0.15) is 12.1 Å². The maximum atomic E-state index is 11.8. The Kier molecular flexibility index (Phi) is 7.43. The van der Waals surface area contributed by atoms with Crippen molar-refractivity contribution in [2.75, 3.05) is 0 Å². The van der Waals surface area contributed by atoms with Crippen LogP contribution in [0.15, 0.2) is 0 Å². The van der Waals surface area contributed by atoms with Crippen LogP contribution in [0.1, 0.15) is 26.2 Å². The summed E-state index contributed by atoms with van der Waals surface area (Å²) in [6, 6.07) is -2.81. The standard InChI is InChI=1S/C11H17N3O7/c1-5(15)13-7(4-9(17)18)10(19)14-6(11(20)21)2-3-8(12)16/h6-7H,2-4H2,1H3,(H2,12,16)(H,13,15)(H,14,19)(H,17,18)(H,20,21). The highest BCUT2D eigenvalue weighted by molar-refractivity contribution is 5.92. The molecule has 2 unspecified atom stereocenters. The first-order valence-corrected chi connectivity index (χ1v) is 5.93. The lowest BCUT2D eigenvalue weighted by Gasteiger charge is -2.19. The molecule has 0 bridgehead atoms. The molecule has 0 aliphatic rings. The highest BCUT2D eigenvalue weighted by atomic mass is 16.4. The first kappa shape index (κ1) is 18.4. The number of carboxylic acids is 2. The number of nitrogens with two attached hydrogens (primary N) is 1. The molecule has 3 amide bonds. The van der Waals surface area contributed by atoms with E-state index in [2.05, 4.69) is 10.6 Å². The number of hydrogen-bond acceptors (Lipinski definition) is 5. The molecular weight excluding hydrogens is 286 g/mol. The Bertz CT molecular complexity index is 433. The molecule has 0 aliphatic carbocycles. The van der Waals surface area contributed by atoms with Gasteiger partial charge in [0.15, 0.2) is 0 Å². The molecule has 0 aromatic carbocycles. The average Bonchev–Trinajstić information content (AvgIpc) is 2.31. The lowest BCUT2D eigenvalue weighted by Crippen LogP contribution is -2.52. The Hall–Kier alpha value is -2.65. The smallest absolute Gasteiger partial charge is 0.326 e. The van der Waals surface area contributed by atoms with Crippen LogP contribution >= 0.6 is 0 Å². The van der Waals surface area contributed by atoms with E-state index in [0.29, 0.717) is 0 Å². The Balaban J connectivity index is 4.80. The number of carbonyl (C=O) groups excluding carboxylic acids is 3. The first-order valence-electron chi connectivity index (χ1n) is 5.93. The quantitative estimate of drug-likeness (QED) is 0.321. The second-order valence-electron chi connectivity index (χ2n) is 4.26. The first-order chi connectivity index (χ1) is 9.63. The summed E-state index contributed by atoms with van der Waals surface area (Å²) in [6.45, 7) is 1.09. The molecule has 10 nitrogen and oxygen atoms in total. The van der Waals surface area contributed by atoms with Crippen molar-refractivity contribution in [2.45, 2.75) is 38.3 Å². The second-order valence-corrected chi connectivity index (χ2v) is 4.26. The normalized spacial score (nSPS) is 12.8. The number of amides is 3. The maximum Gasteiger partial charge on any atom is 0.326 e. The van der Waals surface area contributed by atoms with Crippen LogP contribution in [0, 0.1) is 0 Å². The second kappa shape index (κ2) is 8.51. The van der Waals surface area contributed by atoms with Crippen LogP contribution in [-0.4, -0.2) is 52.0 Å². The van der Waals surface area contributed by atoms with E-state index < -0.39 is 48.2 Å². The third-order valence-electron chi connectivity index (χ3n) is 2.37. The molecule has 0 aromatic heterocycles. The summed E-state index contributed by atoms with van der Waals surface area (Å²) in [4.78, 5) is 54.9. The fourth-order valence-corrected chi connectivity index (χ4v) is 1.45. The van der Waals surface area contributed by atoms with Crippen LogP contribution in [0.4, 0.5) is 0 Å². The number of hydrogen-bond donors (Lipinski definition) is 5. The van der Waals surface area contributed by atoms with E-state index in [9.17, 15) is 24.0 Å². The molecule has 0 heterocycles. The van der Waals surface area contributed by atoms with Crippen LogP contribution in [0.5, 0.6) is 0 Å². The maximum absolute atomic E-state index is 11.8. The van der Waals surface area contributed by atoms with E-state index in [-0.39, 0.29) is 12.8 Å². The van der Waals surface area contributed by atoms with Crippen LogP contribution in [0.25, 0.3) is 0 Å². The number of aliphatic carboxylic acids is 2. The van der Waals surface area contributed by atoms with E-state index in [1.54, 1.807) is 0 Å². The summed E-state index contributed by atoms with van der Waals surface area (Å²) in [5, 5.41) is 21.7. The lowest BCUT2D eigenvalue weighted by molar-refractivity contribution is -0.143. The van der Waals surface area contributed by atoms with Crippen molar-refractivity contribution in [3.05, 3.63) is 0 Å². The number of primary amides is 1. The van der Waals surface area contributed by atoms with Gasteiger partial charge in [0.05, 0.1) is 6.42 Å². The minimum atomic E-state index is -1.41. The lowest BCUT2D eigenvalue weighted by atomic mass is 10.1. The number of carbonyl (C=O) groups is 5. The van der Waals surface area contributed by atoms with E-state index in [4.69, 9.17) is 15.9 Å². The molecule has 0 radical (unpaired) electrons. The van der Waals surface area contributed by atoms with Crippen molar-refractivity contribution in [2.24, 2.45) is 5.73 Å². The fraction of sp³-hybridized carbons (Fsp3) is 0.545. The summed E-state index contributed by atoms with van der Waals surface area (Å²) in [7, 11) is 0. The largest absolute Gasteiger partial charge is 0.481 e. The van der Waals surface area contributed by atoms with E-state index >= 15 is 0 Å². The van der Waals surface area contributed by atoms with Crippen molar-refractivity contribution >= 4 is 29.7 Å². The third-order valence-corrected chi connectivity index (χ3v) is 2.37. The molecule has 0 saturated carbocycles. The molecule has 0 fully saturated rings. The highest BCUT2D eigenvalue weighted by Gasteiger charge is 2.27. The minimum absolute atomic E-state index is 0.240. The van der Waals surface area contributed by atoms with Crippen molar-refractivity contribution < 1.29 is 34.2 Å². The van der Waals surface area contributed by atoms with Crippen LogP contribution in [-0.2, 0) is 24.0 Å². The van der Waals surface area contributed by atoms with Gasteiger partial charge in [-0.05, 0) is 6.42 Å². The number of nitrogens with one attached hydrogen (secondary N) is 2. The van der Waals surface area contributed by atoms with Gasteiger partial charge in [0.25, 0.3) is 0 Å². The molecular formula is C11H17N3O7. The zero-order valence-electron chi connectivity index (χ0n) is 11.3. The van der Waals surface area contributed by atoms with Crippen molar-refractivity contribution in [1.82, 2.24) is 10.6 Å². The van der Waals surface area contributed by atoms with E-state index in [0.717, 1.165) is 6.92 Å². The molecule has 6 N–H and O–H groups in total. The summed E-state index contributed by atoms with van der Waals surface area (Å²) < 4.78 is 0. The molecule has 0 rings (SSSR count). The predicted molar refractivity (Wildman–Crippen MR) is 67.9 cm³/mol. The molecule has 2 atom stereocenters. The van der Waals surface area contributed by atoms with Crippen LogP contribution in [0.3, 0.4) is 0 Å². The van der Waals surface area contributed by atoms with Crippen molar-refractivity contribution in [3.8, 4) is 0 Å². The van der Waals surface area contributed by atoms with Crippen LogP contribution < -0.4 is 16.4 Å².